The average molecular weight is 189 g/mol. The molecule has 3 atom stereocenters. The van der Waals surface area contributed by atoms with Crippen molar-refractivity contribution in [3.8, 4) is 0 Å². The Morgan fingerprint density at radius 2 is 2.43 bits per heavy atom. The van der Waals surface area contributed by atoms with E-state index < -0.39 is 0 Å². The molecule has 0 radical (unpaired) electrons. The van der Waals surface area contributed by atoms with Gasteiger partial charge in [-0.15, -0.1) is 0 Å². The Kier molecular flexibility index (Phi) is 1.98. The van der Waals surface area contributed by atoms with E-state index in [1.807, 2.05) is 12.1 Å². The van der Waals surface area contributed by atoms with Gasteiger partial charge in [-0.05, 0) is 43.2 Å². The lowest BCUT2D eigenvalue weighted by Crippen LogP contribution is -2.28. The molecule has 2 aliphatic carbocycles. The Labute approximate surface area is 83.9 Å². The predicted molar refractivity (Wildman–Crippen MR) is 53.5 cm³/mol. The molecule has 3 unspecified atom stereocenters. The monoisotopic (exact) mass is 189 g/mol. The van der Waals surface area contributed by atoms with Crippen molar-refractivity contribution >= 4 is 0 Å². The van der Waals surface area contributed by atoms with Gasteiger partial charge in [-0.1, -0.05) is 0 Å². The third kappa shape index (κ3) is 1.52. The van der Waals surface area contributed by atoms with Crippen molar-refractivity contribution in [3.63, 3.8) is 0 Å². The van der Waals surface area contributed by atoms with Crippen molar-refractivity contribution in [1.29, 1.82) is 0 Å². The molecule has 2 aliphatic rings. The minimum Gasteiger partial charge on any atom is -0.308 e. The standard InChI is InChI=1S/C11H15N3/c1-2-9(14-13-5-1)7-12-11-4-3-8-6-10(8)11/h1-2,5,8,10-12H,3-4,6-7H2. The van der Waals surface area contributed by atoms with Gasteiger partial charge in [0.1, 0.15) is 0 Å². The van der Waals surface area contributed by atoms with Crippen LogP contribution in [-0.2, 0) is 6.54 Å². The van der Waals surface area contributed by atoms with E-state index in [9.17, 15) is 0 Å². The molecule has 3 rings (SSSR count). The first-order valence-corrected chi connectivity index (χ1v) is 5.43. The lowest BCUT2D eigenvalue weighted by Gasteiger charge is -2.12. The summed E-state index contributed by atoms with van der Waals surface area (Å²) in [5.74, 6) is 2.03. The number of nitrogens with one attached hydrogen (secondary N) is 1. The first kappa shape index (κ1) is 8.36. The summed E-state index contributed by atoms with van der Waals surface area (Å²) >= 11 is 0. The van der Waals surface area contributed by atoms with Gasteiger partial charge in [0.25, 0.3) is 0 Å². The molecular formula is C11H15N3. The lowest BCUT2D eigenvalue weighted by atomic mass is 10.1. The van der Waals surface area contributed by atoms with E-state index >= 15 is 0 Å². The zero-order chi connectivity index (χ0) is 9.38. The summed E-state index contributed by atoms with van der Waals surface area (Å²) in [6.45, 7) is 0.877. The minimum atomic E-state index is 0.752. The van der Waals surface area contributed by atoms with Crippen LogP contribution < -0.4 is 5.32 Å². The van der Waals surface area contributed by atoms with Crippen LogP contribution in [0.25, 0.3) is 0 Å². The van der Waals surface area contributed by atoms with Crippen LogP contribution in [0.5, 0.6) is 0 Å². The van der Waals surface area contributed by atoms with Gasteiger partial charge in [-0.2, -0.15) is 10.2 Å². The van der Waals surface area contributed by atoms with Crippen molar-refractivity contribution in [3.05, 3.63) is 24.0 Å². The van der Waals surface area contributed by atoms with Crippen molar-refractivity contribution < 1.29 is 0 Å². The van der Waals surface area contributed by atoms with Crippen LogP contribution in [0.1, 0.15) is 25.0 Å². The van der Waals surface area contributed by atoms with Crippen LogP contribution >= 0.6 is 0 Å². The summed E-state index contributed by atoms with van der Waals surface area (Å²) in [5, 5.41) is 11.5. The molecule has 1 heterocycles. The molecule has 0 amide bonds. The highest BCUT2D eigenvalue weighted by Gasteiger charge is 2.47. The van der Waals surface area contributed by atoms with Gasteiger partial charge in [0.15, 0.2) is 0 Å². The van der Waals surface area contributed by atoms with Crippen LogP contribution in [0.4, 0.5) is 0 Å². The molecule has 3 nitrogen and oxygen atoms in total. The summed E-state index contributed by atoms with van der Waals surface area (Å²) < 4.78 is 0. The maximum absolute atomic E-state index is 4.07. The fourth-order valence-electron chi connectivity index (χ4n) is 2.62. The van der Waals surface area contributed by atoms with Gasteiger partial charge in [0.2, 0.25) is 0 Å². The van der Waals surface area contributed by atoms with Crippen molar-refractivity contribution in [2.24, 2.45) is 11.8 Å². The quantitative estimate of drug-likeness (QED) is 0.780. The second kappa shape index (κ2) is 3.31. The molecular weight excluding hydrogens is 174 g/mol. The second-order valence-corrected chi connectivity index (χ2v) is 4.44. The Hall–Kier alpha value is -0.960. The SMILES string of the molecule is c1cnnc(CNC2CCC3CC32)c1. The third-order valence-electron chi connectivity index (χ3n) is 3.52. The molecule has 1 N–H and O–H groups in total. The Balaban J connectivity index is 1.54. The molecule has 1 aromatic heterocycles. The number of aromatic nitrogens is 2. The number of hydrogen-bond donors (Lipinski definition) is 1. The Morgan fingerprint density at radius 3 is 3.07 bits per heavy atom. The molecule has 0 bridgehead atoms. The highest BCUT2D eigenvalue weighted by Crippen LogP contribution is 2.51. The minimum absolute atomic E-state index is 0.752. The lowest BCUT2D eigenvalue weighted by molar-refractivity contribution is 0.469. The van der Waals surface area contributed by atoms with Gasteiger partial charge >= 0.3 is 0 Å². The van der Waals surface area contributed by atoms with Gasteiger partial charge in [-0.25, -0.2) is 0 Å². The highest BCUT2D eigenvalue weighted by atomic mass is 15.1. The number of rotatable bonds is 3. The van der Waals surface area contributed by atoms with Crippen LogP contribution in [0.15, 0.2) is 18.3 Å². The summed E-state index contributed by atoms with van der Waals surface area (Å²) in [6, 6.07) is 4.72. The number of nitrogens with zero attached hydrogens (tertiary/aromatic N) is 2. The molecule has 74 valence electrons. The maximum atomic E-state index is 4.07. The van der Waals surface area contributed by atoms with E-state index in [0.29, 0.717) is 0 Å². The topological polar surface area (TPSA) is 37.8 Å². The normalized spacial score (nSPS) is 34.1. The number of fused-ring (bicyclic) bond motifs is 1. The largest absolute Gasteiger partial charge is 0.308 e. The first-order valence-electron chi connectivity index (χ1n) is 5.43. The van der Waals surface area contributed by atoms with Crippen molar-refractivity contribution in [1.82, 2.24) is 15.5 Å². The zero-order valence-electron chi connectivity index (χ0n) is 8.19. The first-order chi connectivity index (χ1) is 6.93. The third-order valence-corrected chi connectivity index (χ3v) is 3.52. The van der Waals surface area contributed by atoms with Gasteiger partial charge < -0.3 is 5.32 Å². The number of hydrogen-bond acceptors (Lipinski definition) is 3. The summed E-state index contributed by atoms with van der Waals surface area (Å²) in [4.78, 5) is 0. The van der Waals surface area contributed by atoms with Gasteiger partial charge in [0, 0.05) is 18.8 Å². The van der Waals surface area contributed by atoms with Crippen molar-refractivity contribution in [2.75, 3.05) is 0 Å². The molecule has 2 saturated carbocycles. The predicted octanol–water partition coefficient (Wildman–Crippen LogP) is 1.36. The summed E-state index contributed by atoms with van der Waals surface area (Å²) in [6.07, 6.45) is 5.96. The summed E-state index contributed by atoms with van der Waals surface area (Å²) in [7, 11) is 0. The van der Waals surface area contributed by atoms with Gasteiger partial charge in [0.05, 0.1) is 5.69 Å². The van der Waals surface area contributed by atoms with E-state index in [-0.39, 0.29) is 0 Å². The molecule has 0 aromatic carbocycles. The highest BCUT2D eigenvalue weighted by molar-refractivity contribution is 5.04. The van der Waals surface area contributed by atoms with Crippen LogP contribution in [0, 0.1) is 11.8 Å². The van der Waals surface area contributed by atoms with E-state index in [1.54, 1.807) is 6.20 Å². The fourth-order valence-corrected chi connectivity index (χ4v) is 2.62. The van der Waals surface area contributed by atoms with E-state index in [4.69, 9.17) is 0 Å². The fraction of sp³-hybridized carbons (Fsp3) is 0.636. The van der Waals surface area contributed by atoms with E-state index in [1.165, 1.54) is 19.3 Å². The maximum Gasteiger partial charge on any atom is 0.0769 e. The van der Waals surface area contributed by atoms with Crippen LogP contribution in [-0.4, -0.2) is 16.2 Å². The molecule has 0 saturated heterocycles. The summed E-state index contributed by atoms with van der Waals surface area (Å²) in [5.41, 5.74) is 1.05. The Bertz CT molecular complexity index is 312. The second-order valence-electron chi connectivity index (χ2n) is 4.44. The zero-order valence-corrected chi connectivity index (χ0v) is 8.19. The van der Waals surface area contributed by atoms with E-state index in [0.717, 1.165) is 30.1 Å². The van der Waals surface area contributed by atoms with Crippen molar-refractivity contribution in [2.45, 2.75) is 31.8 Å². The molecule has 3 heteroatoms. The van der Waals surface area contributed by atoms with Crippen LogP contribution in [0.3, 0.4) is 0 Å². The molecule has 2 fully saturated rings. The molecule has 0 aliphatic heterocycles. The van der Waals surface area contributed by atoms with Crippen LogP contribution in [0.2, 0.25) is 0 Å². The van der Waals surface area contributed by atoms with Gasteiger partial charge in [-0.3, -0.25) is 0 Å². The molecule has 14 heavy (non-hydrogen) atoms. The average Bonchev–Trinajstić information content (AvgIpc) is 2.92. The Morgan fingerprint density at radius 1 is 1.43 bits per heavy atom. The van der Waals surface area contributed by atoms with E-state index in [2.05, 4.69) is 15.5 Å². The smallest absolute Gasteiger partial charge is 0.0769 e. The molecule has 1 aromatic rings. The molecule has 0 spiro atoms.